The molecule has 0 saturated heterocycles. The number of nitriles is 1. The van der Waals surface area contributed by atoms with E-state index >= 15 is 0 Å². The fraction of sp³-hybridized carbons (Fsp3) is 0.125. The molecule has 0 amide bonds. The molecule has 1 rings (SSSR count). The van der Waals surface area contributed by atoms with Crippen molar-refractivity contribution in [3.8, 4) is 6.07 Å². The number of benzene rings is 1. The highest BCUT2D eigenvalue weighted by molar-refractivity contribution is 6.51. The molecule has 0 aliphatic heterocycles. The number of nitrogens with two attached hydrogens (primary N) is 1. The van der Waals surface area contributed by atoms with Gasteiger partial charge in [0.25, 0.3) is 0 Å². The van der Waals surface area contributed by atoms with Gasteiger partial charge in [0.15, 0.2) is 0 Å². The minimum atomic E-state index is -0.387. The summed E-state index contributed by atoms with van der Waals surface area (Å²) in [6.45, 7) is 0. The van der Waals surface area contributed by atoms with Gasteiger partial charge in [-0.3, -0.25) is 0 Å². The molecule has 0 heterocycles. The predicted octanol–water partition coefficient (Wildman–Crippen LogP) is -2.01. The largest absolute Gasteiger partial charge is 0.399 e. The second-order valence-corrected chi connectivity index (χ2v) is 3.01. The molecule has 0 aliphatic rings. The van der Waals surface area contributed by atoms with Gasteiger partial charge in [0.2, 0.25) is 0 Å². The van der Waals surface area contributed by atoms with E-state index in [1.165, 1.54) is 6.07 Å². The zero-order valence-electron chi connectivity index (χ0n) is 7.69. The van der Waals surface area contributed by atoms with E-state index in [1.807, 2.05) is 13.9 Å². The Labute approximate surface area is 78.4 Å². The fourth-order valence-electron chi connectivity index (χ4n) is 1.25. The molecule has 1 aromatic carbocycles. The average molecular weight is 174 g/mol. The first-order valence-electron chi connectivity index (χ1n) is 3.99. The lowest BCUT2D eigenvalue weighted by atomic mass is 9.76. The average Bonchev–Trinajstić information content (AvgIpc) is 2.09. The second kappa shape index (κ2) is 3.53. The van der Waals surface area contributed by atoms with Crippen LogP contribution in [0.2, 0.25) is 0 Å². The maximum Gasteiger partial charge on any atom is 0.141 e. The van der Waals surface area contributed by atoms with E-state index in [2.05, 4.69) is 0 Å². The first kappa shape index (κ1) is 9.66. The smallest absolute Gasteiger partial charge is 0.141 e. The zero-order chi connectivity index (χ0) is 10.0. The Kier molecular flexibility index (Phi) is 2.62. The van der Waals surface area contributed by atoms with E-state index in [0.717, 1.165) is 10.9 Å². The van der Waals surface area contributed by atoms with Crippen molar-refractivity contribution in [3.05, 3.63) is 17.4 Å². The Morgan fingerprint density at radius 3 is 2.62 bits per heavy atom. The minimum Gasteiger partial charge on any atom is -0.399 e. The van der Waals surface area contributed by atoms with E-state index in [1.54, 1.807) is 7.85 Å². The predicted molar refractivity (Wildman–Crippen MR) is 56.5 cm³/mol. The van der Waals surface area contributed by atoms with Crippen molar-refractivity contribution in [2.24, 2.45) is 0 Å². The van der Waals surface area contributed by atoms with E-state index < -0.39 is 0 Å². The third-order valence-corrected chi connectivity index (χ3v) is 2.27. The third-order valence-electron chi connectivity index (χ3n) is 2.27. The monoisotopic (exact) mass is 174 g/mol. The molecule has 0 spiro atoms. The Morgan fingerprint density at radius 1 is 1.46 bits per heavy atom. The summed E-state index contributed by atoms with van der Waals surface area (Å²) in [6.07, 6.45) is 0.0960. The number of rotatable bonds is 1. The van der Waals surface area contributed by atoms with Crippen molar-refractivity contribution in [1.29, 1.82) is 5.26 Å². The number of anilines is 1. The van der Waals surface area contributed by atoms with Crippen LogP contribution >= 0.6 is 0 Å². The van der Waals surface area contributed by atoms with E-state index in [-0.39, 0.29) is 12.2 Å². The third kappa shape index (κ3) is 1.67. The highest BCUT2D eigenvalue weighted by Crippen LogP contribution is 2.07. The second-order valence-electron chi connectivity index (χ2n) is 3.01. The molecule has 0 aromatic heterocycles. The maximum atomic E-state index is 13.2. The highest BCUT2D eigenvalue weighted by atomic mass is 19.1. The topological polar surface area (TPSA) is 49.8 Å². The Balaban J connectivity index is 3.36. The van der Waals surface area contributed by atoms with Crippen LogP contribution in [-0.4, -0.2) is 15.7 Å². The van der Waals surface area contributed by atoms with Crippen LogP contribution in [0.25, 0.3) is 0 Å². The molecule has 64 valence electrons. The maximum absolute atomic E-state index is 13.2. The lowest BCUT2D eigenvalue weighted by Gasteiger charge is -2.10. The first-order valence-corrected chi connectivity index (χ1v) is 3.99. The summed E-state index contributed by atoms with van der Waals surface area (Å²) in [5.74, 6) is -0.387. The van der Waals surface area contributed by atoms with Gasteiger partial charge in [-0.15, -0.1) is 0 Å². The van der Waals surface area contributed by atoms with Crippen LogP contribution in [0.5, 0.6) is 0 Å². The first-order chi connectivity index (χ1) is 6.07. The van der Waals surface area contributed by atoms with Gasteiger partial charge >= 0.3 is 0 Å². The van der Waals surface area contributed by atoms with E-state index in [4.69, 9.17) is 11.0 Å². The van der Waals surface area contributed by atoms with Gasteiger partial charge in [-0.25, -0.2) is 4.39 Å². The summed E-state index contributed by atoms with van der Waals surface area (Å²) < 4.78 is 13.2. The summed E-state index contributed by atoms with van der Waals surface area (Å²) in [6, 6.07) is 3.20. The molecule has 1 aromatic rings. The van der Waals surface area contributed by atoms with Crippen molar-refractivity contribution in [1.82, 2.24) is 0 Å². The van der Waals surface area contributed by atoms with Crippen LogP contribution in [0.15, 0.2) is 6.07 Å². The molecule has 2 nitrogen and oxygen atoms in total. The Hall–Kier alpha value is -1.43. The number of halogens is 1. The van der Waals surface area contributed by atoms with Gasteiger partial charge in [0, 0.05) is 5.69 Å². The van der Waals surface area contributed by atoms with Crippen LogP contribution < -0.4 is 16.7 Å². The summed E-state index contributed by atoms with van der Waals surface area (Å²) in [7, 11) is 3.60. The minimum absolute atomic E-state index is 0.0960. The fourth-order valence-corrected chi connectivity index (χ4v) is 1.25. The number of nitrogens with zero attached hydrogens (tertiary/aromatic N) is 1. The zero-order valence-corrected chi connectivity index (χ0v) is 7.69. The molecule has 2 N–H and O–H groups in total. The molecule has 0 aliphatic carbocycles. The van der Waals surface area contributed by atoms with Crippen molar-refractivity contribution in [2.45, 2.75) is 6.42 Å². The lowest BCUT2D eigenvalue weighted by Crippen LogP contribution is -2.32. The van der Waals surface area contributed by atoms with Crippen molar-refractivity contribution >= 4 is 32.3 Å². The van der Waals surface area contributed by atoms with Crippen molar-refractivity contribution in [2.75, 3.05) is 5.73 Å². The van der Waals surface area contributed by atoms with E-state index in [0.29, 0.717) is 11.3 Å². The van der Waals surface area contributed by atoms with Crippen molar-refractivity contribution in [3.63, 3.8) is 0 Å². The SMILES string of the molecule is Bc1c(N)cc(F)c(CC#N)c1B. The van der Waals surface area contributed by atoms with Crippen LogP contribution in [0.3, 0.4) is 0 Å². The molecule has 0 atom stereocenters. The van der Waals surface area contributed by atoms with Gasteiger partial charge in [-0.2, -0.15) is 5.26 Å². The van der Waals surface area contributed by atoms with Gasteiger partial charge in [0.05, 0.1) is 12.5 Å². The lowest BCUT2D eigenvalue weighted by molar-refractivity contribution is 0.618. The summed E-state index contributed by atoms with van der Waals surface area (Å²) in [5.41, 5.74) is 8.09. The van der Waals surface area contributed by atoms with Crippen LogP contribution in [0.4, 0.5) is 10.1 Å². The summed E-state index contributed by atoms with van der Waals surface area (Å²) in [4.78, 5) is 0. The normalized spacial score (nSPS) is 9.54. The van der Waals surface area contributed by atoms with Gasteiger partial charge < -0.3 is 5.73 Å². The highest BCUT2D eigenvalue weighted by Gasteiger charge is 2.09. The molecule has 0 unspecified atom stereocenters. The molecule has 5 heteroatoms. The van der Waals surface area contributed by atoms with E-state index in [9.17, 15) is 4.39 Å². The van der Waals surface area contributed by atoms with Crippen LogP contribution in [0.1, 0.15) is 5.56 Å². The number of hydrogen-bond acceptors (Lipinski definition) is 2. The Morgan fingerprint density at radius 2 is 2.08 bits per heavy atom. The quantitative estimate of drug-likeness (QED) is 0.395. The van der Waals surface area contributed by atoms with Gasteiger partial charge in [-0.05, 0) is 11.6 Å². The van der Waals surface area contributed by atoms with Gasteiger partial charge in [0.1, 0.15) is 21.5 Å². The molecule has 0 radical (unpaired) electrons. The molecule has 0 fully saturated rings. The van der Waals surface area contributed by atoms with Crippen molar-refractivity contribution < 1.29 is 4.39 Å². The van der Waals surface area contributed by atoms with Crippen LogP contribution in [-0.2, 0) is 6.42 Å². The van der Waals surface area contributed by atoms with Gasteiger partial charge in [-0.1, -0.05) is 10.9 Å². The number of hydrogen-bond donors (Lipinski definition) is 1. The number of nitrogen functional groups attached to an aromatic ring is 1. The molecular formula is C8H9B2FN2. The van der Waals surface area contributed by atoms with Crippen LogP contribution in [0, 0.1) is 17.1 Å². The standard InChI is InChI=1S/C8H9B2FN2/c9-7-4(1-2-12)5(11)3-6(13)8(7)10/h3H,1,9-10,13H2. The molecule has 0 saturated carbocycles. The molecule has 0 bridgehead atoms. The summed E-state index contributed by atoms with van der Waals surface area (Å²) in [5, 5.41) is 8.48. The Bertz CT molecular complexity index is 385. The summed E-state index contributed by atoms with van der Waals surface area (Å²) >= 11 is 0. The molecular weight excluding hydrogens is 165 g/mol. The molecule has 13 heavy (non-hydrogen) atoms.